The molecule has 0 saturated carbocycles. The molecule has 7 aromatic carbocycles. The van der Waals surface area contributed by atoms with Crippen LogP contribution in [-0.4, -0.2) is 6.71 Å². The summed E-state index contributed by atoms with van der Waals surface area (Å²) in [5.74, 6) is 1.82. The summed E-state index contributed by atoms with van der Waals surface area (Å²) in [6, 6.07) is 62.5. The van der Waals surface area contributed by atoms with E-state index in [9.17, 15) is 0 Å². The summed E-state index contributed by atoms with van der Waals surface area (Å²) >= 11 is 0. The zero-order valence-electron chi connectivity index (χ0n) is 25.1. The Balaban J connectivity index is 1.30. The summed E-state index contributed by atoms with van der Waals surface area (Å²) < 4.78 is 6.66. The molecule has 2 heterocycles. The summed E-state index contributed by atoms with van der Waals surface area (Å²) in [5, 5.41) is 0. The Morgan fingerprint density at radius 1 is 0.435 bits per heavy atom. The number of ether oxygens (including phenoxy) is 1. The van der Waals surface area contributed by atoms with Gasteiger partial charge in [0.2, 0.25) is 0 Å². The van der Waals surface area contributed by atoms with Crippen molar-refractivity contribution >= 4 is 57.2 Å². The first-order valence-electron chi connectivity index (χ1n) is 15.7. The van der Waals surface area contributed by atoms with Crippen LogP contribution < -0.4 is 30.9 Å². The van der Waals surface area contributed by atoms with Gasteiger partial charge in [0.25, 0.3) is 6.71 Å². The van der Waals surface area contributed by atoms with Crippen LogP contribution in [0.4, 0.5) is 34.1 Å². The summed E-state index contributed by atoms with van der Waals surface area (Å²) in [6.45, 7) is 0.0181. The van der Waals surface area contributed by atoms with E-state index in [1.54, 1.807) is 0 Å². The number of fused-ring (bicyclic) bond motifs is 4. The van der Waals surface area contributed by atoms with Gasteiger partial charge in [-0.3, -0.25) is 0 Å². The first-order valence-corrected chi connectivity index (χ1v) is 15.7. The predicted octanol–water partition coefficient (Wildman–Crippen LogP) is 9.23. The lowest BCUT2D eigenvalue weighted by Gasteiger charge is -2.40. The van der Waals surface area contributed by atoms with Gasteiger partial charge in [-0.15, -0.1) is 0 Å². The minimum absolute atomic E-state index is 0.0181. The van der Waals surface area contributed by atoms with Crippen LogP contribution in [-0.2, 0) is 0 Å². The van der Waals surface area contributed by atoms with Gasteiger partial charge in [-0.25, -0.2) is 0 Å². The van der Waals surface area contributed by atoms with Crippen LogP contribution in [0.15, 0.2) is 176 Å². The Hall–Kier alpha value is -6.00. The van der Waals surface area contributed by atoms with Crippen molar-refractivity contribution in [3.05, 3.63) is 176 Å². The molecular formula is C42H29BN2O. The molecule has 0 unspecified atom stereocenters. The van der Waals surface area contributed by atoms with E-state index >= 15 is 0 Å². The number of benzene rings is 7. The Morgan fingerprint density at radius 2 is 1.09 bits per heavy atom. The molecule has 2 aliphatic heterocycles. The van der Waals surface area contributed by atoms with Crippen LogP contribution in [0.1, 0.15) is 0 Å². The second kappa shape index (κ2) is 10.9. The van der Waals surface area contributed by atoms with E-state index in [0.717, 1.165) is 45.6 Å². The fourth-order valence-electron chi connectivity index (χ4n) is 7.08. The maximum absolute atomic E-state index is 6.66. The molecule has 0 amide bonds. The highest BCUT2D eigenvalue weighted by Gasteiger charge is 2.42. The SMILES string of the molecule is c1ccc(-c2ccc3c(c2)B2c4ccc(N(c5ccccc5)c5ccccc5)cc4N(c4ccccc4)c4cccc(c42)O3)cc1. The van der Waals surface area contributed by atoms with E-state index in [4.69, 9.17) is 4.74 Å². The monoisotopic (exact) mass is 588 g/mol. The van der Waals surface area contributed by atoms with Gasteiger partial charge >= 0.3 is 0 Å². The van der Waals surface area contributed by atoms with Gasteiger partial charge in [-0.2, -0.15) is 0 Å². The molecule has 0 aromatic heterocycles. The van der Waals surface area contributed by atoms with Crippen molar-refractivity contribution < 1.29 is 4.74 Å². The highest BCUT2D eigenvalue weighted by atomic mass is 16.5. The Morgan fingerprint density at radius 3 is 1.78 bits per heavy atom. The molecule has 0 N–H and O–H groups in total. The molecule has 0 spiro atoms. The lowest BCUT2D eigenvalue weighted by Crippen LogP contribution is -2.59. The minimum atomic E-state index is 0.0181. The standard InChI is InChI=1S/C42H29BN2O/c1-5-14-30(15-6-1)31-24-27-40-37(28-31)43-36-26-25-35(44(32-16-7-2-8-17-32)33-18-9-3-10-19-33)29-39(36)45(34-20-11-4-12-21-34)38-22-13-23-41(46-40)42(38)43/h1-29H. The smallest absolute Gasteiger partial charge is 0.256 e. The zero-order chi connectivity index (χ0) is 30.5. The highest BCUT2D eigenvalue weighted by Crippen LogP contribution is 2.43. The van der Waals surface area contributed by atoms with Crippen LogP contribution >= 0.6 is 0 Å². The Bertz CT molecular complexity index is 2150. The van der Waals surface area contributed by atoms with Gasteiger partial charge in [0, 0.05) is 34.1 Å². The summed E-state index contributed by atoms with van der Waals surface area (Å²) in [5.41, 5.74) is 12.8. The number of para-hydroxylation sites is 3. The molecule has 4 heteroatoms. The van der Waals surface area contributed by atoms with E-state index < -0.39 is 0 Å². The van der Waals surface area contributed by atoms with Crippen LogP contribution in [0.5, 0.6) is 11.5 Å². The number of nitrogens with zero attached hydrogens (tertiary/aromatic N) is 2. The van der Waals surface area contributed by atoms with E-state index in [0.29, 0.717) is 0 Å². The third-order valence-electron chi connectivity index (χ3n) is 9.09. The highest BCUT2D eigenvalue weighted by molar-refractivity contribution is 6.99. The molecule has 9 rings (SSSR count). The molecule has 2 aliphatic rings. The first kappa shape index (κ1) is 26.4. The van der Waals surface area contributed by atoms with Crippen molar-refractivity contribution in [2.45, 2.75) is 0 Å². The summed E-state index contributed by atoms with van der Waals surface area (Å²) in [7, 11) is 0. The second-order valence-corrected chi connectivity index (χ2v) is 11.8. The van der Waals surface area contributed by atoms with Crippen molar-refractivity contribution in [2.75, 3.05) is 9.80 Å². The van der Waals surface area contributed by atoms with Gasteiger partial charge < -0.3 is 14.5 Å². The molecule has 0 radical (unpaired) electrons. The van der Waals surface area contributed by atoms with Crippen LogP contribution in [0.2, 0.25) is 0 Å². The van der Waals surface area contributed by atoms with E-state index in [2.05, 4.69) is 186 Å². The molecule has 7 aromatic rings. The zero-order valence-corrected chi connectivity index (χ0v) is 25.1. The fraction of sp³-hybridized carbons (Fsp3) is 0. The van der Waals surface area contributed by atoms with Gasteiger partial charge in [0.1, 0.15) is 11.5 Å². The second-order valence-electron chi connectivity index (χ2n) is 11.8. The predicted molar refractivity (Wildman–Crippen MR) is 192 cm³/mol. The van der Waals surface area contributed by atoms with Crippen molar-refractivity contribution in [1.82, 2.24) is 0 Å². The third kappa shape index (κ3) is 4.30. The van der Waals surface area contributed by atoms with Gasteiger partial charge in [-0.1, -0.05) is 109 Å². The van der Waals surface area contributed by atoms with Gasteiger partial charge in [0.05, 0.1) is 0 Å². The summed E-state index contributed by atoms with van der Waals surface area (Å²) in [4.78, 5) is 4.73. The molecule has 3 nitrogen and oxygen atoms in total. The quantitative estimate of drug-likeness (QED) is 0.187. The van der Waals surface area contributed by atoms with Gasteiger partial charge in [-0.05, 0) is 94.2 Å². The number of hydrogen-bond donors (Lipinski definition) is 0. The Kier molecular flexibility index (Phi) is 6.24. The third-order valence-corrected chi connectivity index (χ3v) is 9.09. The van der Waals surface area contributed by atoms with Crippen LogP contribution in [0, 0.1) is 0 Å². The van der Waals surface area contributed by atoms with E-state index in [1.807, 2.05) is 0 Å². The first-order chi connectivity index (χ1) is 22.8. The van der Waals surface area contributed by atoms with Crippen molar-refractivity contribution in [3.63, 3.8) is 0 Å². The summed E-state index contributed by atoms with van der Waals surface area (Å²) in [6.07, 6.45) is 0. The normalized spacial score (nSPS) is 12.4. The molecule has 0 atom stereocenters. The topological polar surface area (TPSA) is 15.7 Å². The molecule has 0 fully saturated rings. The minimum Gasteiger partial charge on any atom is -0.458 e. The van der Waals surface area contributed by atoms with E-state index in [1.165, 1.54) is 27.5 Å². The maximum Gasteiger partial charge on any atom is 0.256 e. The molecule has 0 saturated heterocycles. The fourth-order valence-corrected chi connectivity index (χ4v) is 7.08. The number of hydrogen-bond acceptors (Lipinski definition) is 3. The van der Waals surface area contributed by atoms with Crippen molar-refractivity contribution in [2.24, 2.45) is 0 Å². The molecule has 0 aliphatic carbocycles. The van der Waals surface area contributed by atoms with Crippen LogP contribution in [0.3, 0.4) is 0 Å². The molecule has 46 heavy (non-hydrogen) atoms. The largest absolute Gasteiger partial charge is 0.458 e. The lowest BCUT2D eigenvalue weighted by atomic mass is 9.34. The van der Waals surface area contributed by atoms with Crippen molar-refractivity contribution in [1.29, 1.82) is 0 Å². The Labute approximate surface area is 269 Å². The molecule has 216 valence electrons. The average molecular weight is 589 g/mol. The lowest BCUT2D eigenvalue weighted by molar-refractivity contribution is 0.487. The van der Waals surface area contributed by atoms with Crippen molar-refractivity contribution in [3.8, 4) is 22.6 Å². The van der Waals surface area contributed by atoms with Gasteiger partial charge in [0.15, 0.2) is 0 Å². The molecule has 0 bridgehead atoms. The number of rotatable bonds is 5. The van der Waals surface area contributed by atoms with Crippen LogP contribution in [0.25, 0.3) is 11.1 Å². The maximum atomic E-state index is 6.66. The average Bonchev–Trinajstić information content (AvgIpc) is 3.13. The molecular weight excluding hydrogens is 559 g/mol. The van der Waals surface area contributed by atoms with E-state index in [-0.39, 0.29) is 6.71 Å². The number of anilines is 6.